The number of nitrogens with one attached hydrogen (secondary N) is 2. The first-order valence-corrected chi connectivity index (χ1v) is 10.1. The van der Waals surface area contributed by atoms with Gasteiger partial charge >= 0.3 is 0 Å². The number of nitrogens with zero attached hydrogens (tertiary/aromatic N) is 2. The molecule has 0 radical (unpaired) electrons. The van der Waals surface area contributed by atoms with Crippen LogP contribution in [0.1, 0.15) is 38.5 Å². The fraction of sp³-hybridized carbons (Fsp3) is 0.706. The standard InChI is InChI=1S/C17H31BrN4S.HI/c1-5-22(6-2)13-7-8-14(3)21-17(19-4)20-12-11-15-9-10-16(18)23-15;/h9-10,14H,5-8,11-13H2,1-4H3,(H2,19,20,21);1H. The van der Waals surface area contributed by atoms with E-state index in [0.717, 1.165) is 38.4 Å². The Morgan fingerprint density at radius 2 is 2.04 bits per heavy atom. The molecule has 0 aliphatic carbocycles. The topological polar surface area (TPSA) is 39.7 Å². The summed E-state index contributed by atoms with van der Waals surface area (Å²) in [6, 6.07) is 4.71. The third kappa shape index (κ3) is 10.2. The molecule has 2 N–H and O–H groups in total. The van der Waals surface area contributed by atoms with Gasteiger partial charge in [-0.15, -0.1) is 35.3 Å². The average Bonchev–Trinajstić information content (AvgIpc) is 2.96. The molecule has 24 heavy (non-hydrogen) atoms. The first-order chi connectivity index (χ1) is 11.1. The smallest absolute Gasteiger partial charge is 0.191 e. The van der Waals surface area contributed by atoms with Crippen molar-refractivity contribution >= 4 is 57.2 Å². The van der Waals surface area contributed by atoms with Gasteiger partial charge in [0.05, 0.1) is 3.79 Å². The molecule has 0 fully saturated rings. The van der Waals surface area contributed by atoms with E-state index in [2.05, 4.69) is 69.4 Å². The van der Waals surface area contributed by atoms with Gasteiger partial charge in [-0.25, -0.2) is 0 Å². The molecule has 0 aliphatic heterocycles. The van der Waals surface area contributed by atoms with Crippen molar-refractivity contribution in [2.24, 2.45) is 4.99 Å². The Morgan fingerprint density at radius 1 is 1.33 bits per heavy atom. The molecule has 1 atom stereocenters. The van der Waals surface area contributed by atoms with Gasteiger partial charge in [-0.05, 0) is 73.9 Å². The molecule has 1 aromatic rings. The van der Waals surface area contributed by atoms with Crippen LogP contribution in [-0.4, -0.2) is 50.1 Å². The second kappa shape index (κ2) is 14.3. The second-order valence-electron chi connectivity index (χ2n) is 5.67. The lowest BCUT2D eigenvalue weighted by Crippen LogP contribution is -2.43. The predicted octanol–water partition coefficient (Wildman–Crippen LogP) is 4.35. The largest absolute Gasteiger partial charge is 0.356 e. The molecule has 0 aliphatic rings. The Hall–Kier alpha value is 0.140. The lowest BCUT2D eigenvalue weighted by molar-refractivity contribution is 0.292. The molecule has 4 nitrogen and oxygen atoms in total. The number of hydrogen-bond acceptors (Lipinski definition) is 3. The van der Waals surface area contributed by atoms with Crippen LogP contribution in [0.4, 0.5) is 0 Å². The van der Waals surface area contributed by atoms with Crippen LogP contribution in [0.5, 0.6) is 0 Å². The summed E-state index contributed by atoms with van der Waals surface area (Å²) in [6.45, 7) is 11.0. The third-order valence-corrected chi connectivity index (χ3v) is 5.59. The zero-order chi connectivity index (χ0) is 17.1. The van der Waals surface area contributed by atoms with Crippen LogP contribution in [-0.2, 0) is 6.42 Å². The lowest BCUT2D eigenvalue weighted by Gasteiger charge is -2.21. The molecular formula is C17H32BrIN4S. The highest BCUT2D eigenvalue weighted by Crippen LogP contribution is 2.21. The summed E-state index contributed by atoms with van der Waals surface area (Å²) in [5, 5.41) is 6.88. The molecule has 0 aromatic carbocycles. The third-order valence-electron chi connectivity index (χ3n) is 3.91. The Morgan fingerprint density at radius 3 is 2.58 bits per heavy atom. The molecular weight excluding hydrogens is 499 g/mol. The van der Waals surface area contributed by atoms with Crippen molar-refractivity contribution in [3.05, 3.63) is 20.8 Å². The van der Waals surface area contributed by atoms with Crippen molar-refractivity contribution in [1.82, 2.24) is 15.5 Å². The Bertz CT molecular complexity index is 463. The predicted molar refractivity (Wildman–Crippen MR) is 122 cm³/mol. The number of thiophene rings is 1. The minimum atomic E-state index is 0. The summed E-state index contributed by atoms with van der Waals surface area (Å²) < 4.78 is 1.19. The second-order valence-corrected chi connectivity index (χ2v) is 8.22. The minimum Gasteiger partial charge on any atom is -0.356 e. The van der Waals surface area contributed by atoms with Crippen LogP contribution in [0.15, 0.2) is 20.9 Å². The van der Waals surface area contributed by atoms with Crippen molar-refractivity contribution in [2.45, 2.75) is 46.1 Å². The number of halogens is 2. The molecule has 1 rings (SSSR count). The lowest BCUT2D eigenvalue weighted by atomic mass is 10.2. The van der Waals surface area contributed by atoms with E-state index in [1.165, 1.54) is 21.6 Å². The van der Waals surface area contributed by atoms with Gasteiger partial charge in [0, 0.05) is 24.5 Å². The first-order valence-electron chi connectivity index (χ1n) is 8.52. The zero-order valence-corrected chi connectivity index (χ0v) is 20.0. The van der Waals surface area contributed by atoms with Gasteiger partial charge in [-0.3, -0.25) is 4.99 Å². The van der Waals surface area contributed by atoms with Gasteiger partial charge in [0.25, 0.3) is 0 Å². The van der Waals surface area contributed by atoms with E-state index in [0.29, 0.717) is 6.04 Å². The van der Waals surface area contributed by atoms with Gasteiger partial charge in [0.15, 0.2) is 5.96 Å². The highest BCUT2D eigenvalue weighted by atomic mass is 127. The molecule has 0 saturated heterocycles. The monoisotopic (exact) mass is 530 g/mol. The Labute approximate surface area is 177 Å². The van der Waals surface area contributed by atoms with Crippen LogP contribution >= 0.6 is 51.2 Å². The van der Waals surface area contributed by atoms with Crippen molar-refractivity contribution in [3.63, 3.8) is 0 Å². The van der Waals surface area contributed by atoms with E-state index in [-0.39, 0.29) is 24.0 Å². The number of aliphatic imine (C=N–C) groups is 1. The number of rotatable bonds is 10. The summed E-state index contributed by atoms with van der Waals surface area (Å²) in [5.41, 5.74) is 0. The quantitative estimate of drug-likeness (QED) is 0.268. The van der Waals surface area contributed by atoms with E-state index >= 15 is 0 Å². The van der Waals surface area contributed by atoms with E-state index < -0.39 is 0 Å². The van der Waals surface area contributed by atoms with Crippen LogP contribution in [0.2, 0.25) is 0 Å². The highest BCUT2D eigenvalue weighted by molar-refractivity contribution is 14.0. The summed E-state index contributed by atoms with van der Waals surface area (Å²) in [4.78, 5) is 8.17. The molecule has 0 amide bonds. The molecule has 140 valence electrons. The van der Waals surface area contributed by atoms with Crippen LogP contribution < -0.4 is 10.6 Å². The van der Waals surface area contributed by atoms with Crippen LogP contribution in [0.3, 0.4) is 0 Å². The maximum Gasteiger partial charge on any atom is 0.191 e. The van der Waals surface area contributed by atoms with E-state index in [4.69, 9.17) is 0 Å². The average molecular weight is 531 g/mol. The summed E-state index contributed by atoms with van der Waals surface area (Å²) in [7, 11) is 1.83. The number of hydrogen-bond donors (Lipinski definition) is 2. The first kappa shape index (κ1) is 24.1. The van der Waals surface area contributed by atoms with Crippen LogP contribution in [0.25, 0.3) is 0 Å². The van der Waals surface area contributed by atoms with Gasteiger partial charge in [-0.2, -0.15) is 0 Å². The fourth-order valence-electron chi connectivity index (χ4n) is 2.45. The SMILES string of the molecule is CCN(CC)CCCC(C)NC(=NC)NCCc1ccc(Br)s1.I. The number of guanidine groups is 1. The molecule has 0 saturated carbocycles. The van der Waals surface area contributed by atoms with Crippen molar-refractivity contribution in [1.29, 1.82) is 0 Å². The van der Waals surface area contributed by atoms with Crippen molar-refractivity contribution < 1.29 is 0 Å². The molecule has 1 unspecified atom stereocenters. The maximum atomic E-state index is 4.32. The summed E-state index contributed by atoms with van der Waals surface area (Å²) in [5.74, 6) is 0.899. The Kier molecular flexibility index (Phi) is 14.4. The van der Waals surface area contributed by atoms with Gasteiger partial charge in [-0.1, -0.05) is 13.8 Å². The summed E-state index contributed by atoms with van der Waals surface area (Å²) >= 11 is 5.29. The summed E-state index contributed by atoms with van der Waals surface area (Å²) in [6.07, 6.45) is 3.40. The molecule has 7 heteroatoms. The van der Waals surface area contributed by atoms with E-state index in [1.54, 1.807) is 11.3 Å². The Balaban J connectivity index is 0.00000529. The molecule has 1 aromatic heterocycles. The maximum absolute atomic E-state index is 4.32. The fourth-order valence-corrected chi connectivity index (χ4v) is 3.93. The van der Waals surface area contributed by atoms with E-state index in [9.17, 15) is 0 Å². The van der Waals surface area contributed by atoms with Gasteiger partial charge in [0.1, 0.15) is 0 Å². The minimum absolute atomic E-state index is 0. The zero-order valence-electron chi connectivity index (χ0n) is 15.3. The normalized spacial score (nSPS) is 12.8. The van der Waals surface area contributed by atoms with E-state index in [1.807, 2.05) is 7.05 Å². The van der Waals surface area contributed by atoms with Gasteiger partial charge < -0.3 is 15.5 Å². The highest BCUT2D eigenvalue weighted by Gasteiger charge is 2.06. The van der Waals surface area contributed by atoms with Crippen LogP contribution in [0, 0.1) is 0 Å². The molecule has 0 spiro atoms. The van der Waals surface area contributed by atoms with Crippen molar-refractivity contribution in [2.75, 3.05) is 33.2 Å². The molecule has 1 heterocycles. The molecule has 0 bridgehead atoms. The van der Waals surface area contributed by atoms with Gasteiger partial charge in [0.2, 0.25) is 0 Å². The van der Waals surface area contributed by atoms with Crippen molar-refractivity contribution in [3.8, 4) is 0 Å².